The molecule has 0 saturated carbocycles. The average molecular weight is 355 g/mol. The van der Waals surface area contributed by atoms with Crippen LogP contribution in [0.1, 0.15) is 11.1 Å². The third-order valence-corrected chi connectivity index (χ3v) is 4.87. The normalized spacial score (nSPS) is 12.6. The maximum absolute atomic E-state index is 12.7. The number of sulfonamides is 1. The molecule has 2 N–H and O–H groups in total. The number of aromatic nitrogens is 2. The Labute approximate surface area is 135 Å². The first kappa shape index (κ1) is 16.5. The van der Waals surface area contributed by atoms with Gasteiger partial charge in [-0.2, -0.15) is 13.2 Å². The van der Waals surface area contributed by atoms with E-state index < -0.39 is 26.7 Å². The van der Waals surface area contributed by atoms with E-state index in [2.05, 4.69) is 14.7 Å². The van der Waals surface area contributed by atoms with Gasteiger partial charge in [-0.3, -0.25) is 0 Å². The molecule has 3 aromatic rings. The Hall–Kier alpha value is -2.39. The quantitative estimate of drug-likeness (QED) is 0.755. The first-order chi connectivity index (χ1) is 11.3. The zero-order chi connectivity index (χ0) is 17.4. The number of benzene rings is 1. The second-order valence-corrected chi connectivity index (χ2v) is 6.83. The molecule has 0 spiro atoms. The molecule has 0 saturated heterocycles. The number of pyridine rings is 1. The summed E-state index contributed by atoms with van der Waals surface area (Å²) in [5.41, 5.74) is 0.255. The number of H-pyrrole nitrogens is 1. The second-order valence-electron chi connectivity index (χ2n) is 5.06. The lowest BCUT2D eigenvalue weighted by molar-refractivity contribution is -0.137. The van der Waals surface area contributed by atoms with Crippen molar-refractivity contribution in [3.05, 3.63) is 59.9 Å². The molecule has 2 heterocycles. The van der Waals surface area contributed by atoms with Gasteiger partial charge in [-0.1, -0.05) is 6.07 Å². The van der Waals surface area contributed by atoms with E-state index >= 15 is 0 Å². The van der Waals surface area contributed by atoms with Gasteiger partial charge in [0, 0.05) is 24.3 Å². The van der Waals surface area contributed by atoms with E-state index in [1.54, 1.807) is 18.3 Å². The van der Waals surface area contributed by atoms with E-state index in [-0.39, 0.29) is 6.54 Å². The molecule has 1 aromatic carbocycles. The van der Waals surface area contributed by atoms with Crippen molar-refractivity contribution in [2.24, 2.45) is 0 Å². The minimum absolute atomic E-state index is 0.0601. The van der Waals surface area contributed by atoms with Crippen molar-refractivity contribution in [3.63, 3.8) is 0 Å². The number of halogens is 3. The lowest BCUT2D eigenvalue weighted by Crippen LogP contribution is -2.23. The molecular weight excluding hydrogens is 343 g/mol. The SMILES string of the molecule is O=S(=O)(NCc1ccnc2[nH]ccc12)c1cccc(C(F)(F)F)c1. The van der Waals surface area contributed by atoms with Gasteiger partial charge in [-0.15, -0.1) is 0 Å². The fourth-order valence-corrected chi connectivity index (χ4v) is 3.32. The van der Waals surface area contributed by atoms with Gasteiger partial charge < -0.3 is 4.98 Å². The van der Waals surface area contributed by atoms with E-state index in [4.69, 9.17) is 0 Å². The highest BCUT2D eigenvalue weighted by Crippen LogP contribution is 2.30. The molecule has 9 heteroatoms. The Kier molecular flexibility index (Phi) is 4.06. The number of fused-ring (bicyclic) bond motifs is 1. The summed E-state index contributed by atoms with van der Waals surface area (Å²) >= 11 is 0. The third-order valence-electron chi connectivity index (χ3n) is 3.47. The summed E-state index contributed by atoms with van der Waals surface area (Å²) in [6, 6.07) is 7.01. The molecule has 5 nitrogen and oxygen atoms in total. The molecule has 0 aliphatic heterocycles. The zero-order valence-corrected chi connectivity index (χ0v) is 12.9. The van der Waals surface area contributed by atoms with Gasteiger partial charge in [0.25, 0.3) is 0 Å². The molecule has 24 heavy (non-hydrogen) atoms. The fourth-order valence-electron chi connectivity index (χ4n) is 2.27. The van der Waals surface area contributed by atoms with Crippen LogP contribution in [0, 0.1) is 0 Å². The van der Waals surface area contributed by atoms with Crippen LogP contribution in [0.15, 0.2) is 53.7 Å². The monoisotopic (exact) mass is 355 g/mol. The molecule has 0 bridgehead atoms. The molecule has 0 fully saturated rings. The zero-order valence-electron chi connectivity index (χ0n) is 12.1. The Morgan fingerprint density at radius 3 is 2.71 bits per heavy atom. The predicted molar refractivity (Wildman–Crippen MR) is 81.6 cm³/mol. The number of hydrogen-bond donors (Lipinski definition) is 2. The molecule has 2 aromatic heterocycles. The average Bonchev–Trinajstić information content (AvgIpc) is 3.01. The third kappa shape index (κ3) is 3.26. The first-order valence-electron chi connectivity index (χ1n) is 6.85. The summed E-state index contributed by atoms with van der Waals surface area (Å²) in [4.78, 5) is 6.55. The summed E-state index contributed by atoms with van der Waals surface area (Å²) in [5.74, 6) is 0. The smallest absolute Gasteiger partial charge is 0.346 e. The molecule has 0 amide bonds. The number of alkyl halides is 3. The maximum atomic E-state index is 12.7. The van der Waals surface area contributed by atoms with Crippen molar-refractivity contribution in [2.75, 3.05) is 0 Å². The standard InChI is InChI=1S/C15H12F3N3O2S/c16-15(17,18)11-2-1-3-12(8-11)24(22,23)21-9-10-4-6-19-14-13(10)5-7-20-14/h1-8,21H,9H2,(H,19,20). The number of rotatable bonds is 4. The van der Waals surface area contributed by atoms with Gasteiger partial charge >= 0.3 is 6.18 Å². The first-order valence-corrected chi connectivity index (χ1v) is 8.33. The molecule has 3 rings (SSSR count). The van der Waals surface area contributed by atoms with Gasteiger partial charge in [-0.05, 0) is 35.9 Å². The molecule has 0 atom stereocenters. The van der Waals surface area contributed by atoms with Gasteiger partial charge in [0.1, 0.15) is 5.65 Å². The van der Waals surface area contributed by atoms with Crippen LogP contribution in [0.25, 0.3) is 11.0 Å². The van der Waals surface area contributed by atoms with E-state index in [0.29, 0.717) is 17.3 Å². The Morgan fingerprint density at radius 2 is 1.96 bits per heavy atom. The number of hydrogen-bond acceptors (Lipinski definition) is 3. The molecule has 126 valence electrons. The summed E-state index contributed by atoms with van der Waals surface area (Å²) in [5, 5.41) is 0.740. The predicted octanol–water partition coefficient (Wildman–Crippen LogP) is 3.06. The molecular formula is C15H12F3N3O2S. The van der Waals surface area contributed by atoms with Crippen LogP contribution < -0.4 is 4.72 Å². The highest BCUT2D eigenvalue weighted by Gasteiger charge is 2.31. The van der Waals surface area contributed by atoms with Crippen LogP contribution in [0.3, 0.4) is 0 Å². The summed E-state index contributed by atoms with van der Waals surface area (Å²) in [6.07, 6.45) is -1.41. The Balaban J connectivity index is 1.86. The van der Waals surface area contributed by atoms with Crippen LogP contribution >= 0.6 is 0 Å². The van der Waals surface area contributed by atoms with Crippen molar-refractivity contribution in [2.45, 2.75) is 17.6 Å². The van der Waals surface area contributed by atoms with E-state index in [0.717, 1.165) is 23.6 Å². The minimum atomic E-state index is -4.60. The number of aromatic amines is 1. The molecule has 0 aliphatic rings. The van der Waals surface area contributed by atoms with Crippen molar-refractivity contribution < 1.29 is 21.6 Å². The van der Waals surface area contributed by atoms with Gasteiger partial charge in [0.2, 0.25) is 10.0 Å². The van der Waals surface area contributed by atoms with E-state index in [1.165, 1.54) is 6.20 Å². The van der Waals surface area contributed by atoms with E-state index in [9.17, 15) is 21.6 Å². The van der Waals surface area contributed by atoms with Crippen LogP contribution in [0.5, 0.6) is 0 Å². The highest BCUT2D eigenvalue weighted by atomic mass is 32.2. The number of nitrogens with zero attached hydrogens (tertiary/aromatic N) is 1. The van der Waals surface area contributed by atoms with Gasteiger partial charge in [0.15, 0.2) is 0 Å². The van der Waals surface area contributed by atoms with Crippen LogP contribution in [-0.2, 0) is 22.7 Å². The lowest BCUT2D eigenvalue weighted by Gasteiger charge is -2.10. The second kappa shape index (κ2) is 5.91. The molecule has 0 aliphatic carbocycles. The molecule has 0 radical (unpaired) electrons. The molecule has 0 unspecified atom stereocenters. The minimum Gasteiger partial charge on any atom is -0.346 e. The lowest BCUT2D eigenvalue weighted by atomic mass is 10.2. The Bertz CT molecular complexity index is 981. The summed E-state index contributed by atoms with van der Waals surface area (Å²) in [7, 11) is -4.07. The van der Waals surface area contributed by atoms with Crippen LogP contribution in [-0.4, -0.2) is 18.4 Å². The van der Waals surface area contributed by atoms with Crippen molar-refractivity contribution in [1.82, 2.24) is 14.7 Å². The summed E-state index contributed by atoms with van der Waals surface area (Å²) < 4.78 is 65.0. The van der Waals surface area contributed by atoms with Crippen LogP contribution in [0.2, 0.25) is 0 Å². The van der Waals surface area contributed by atoms with E-state index in [1.807, 2.05) is 0 Å². The van der Waals surface area contributed by atoms with Crippen LogP contribution in [0.4, 0.5) is 13.2 Å². The number of nitrogens with one attached hydrogen (secondary N) is 2. The topological polar surface area (TPSA) is 74.8 Å². The van der Waals surface area contributed by atoms with Crippen molar-refractivity contribution >= 4 is 21.1 Å². The fraction of sp³-hybridized carbons (Fsp3) is 0.133. The Morgan fingerprint density at radius 1 is 1.17 bits per heavy atom. The largest absolute Gasteiger partial charge is 0.416 e. The summed E-state index contributed by atoms with van der Waals surface area (Å²) in [6.45, 7) is -0.0601. The van der Waals surface area contributed by atoms with Gasteiger partial charge in [-0.25, -0.2) is 18.1 Å². The maximum Gasteiger partial charge on any atom is 0.416 e. The van der Waals surface area contributed by atoms with Crippen molar-refractivity contribution in [1.29, 1.82) is 0 Å². The highest BCUT2D eigenvalue weighted by molar-refractivity contribution is 7.89. The van der Waals surface area contributed by atoms with Gasteiger partial charge in [0.05, 0.1) is 10.5 Å². The van der Waals surface area contributed by atoms with Crippen molar-refractivity contribution in [3.8, 4) is 0 Å².